The molecule has 8 heteroatoms. The van der Waals surface area contributed by atoms with E-state index in [0.29, 0.717) is 24.2 Å². The number of carbonyl (C=O) groups is 1. The minimum absolute atomic E-state index is 0.113. The average molecular weight is 337 g/mol. The average Bonchev–Trinajstić information content (AvgIpc) is 2.92. The molecule has 1 atom stereocenters. The normalized spacial score (nSPS) is 12.4. The lowest BCUT2D eigenvalue weighted by Crippen LogP contribution is -2.30. The molecule has 1 aromatic carbocycles. The van der Waals surface area contributed by atoms with Gasteiger partial charge in [0.2, 0.25) is 11.1 Å². The van der Waals surface area contributed by atoms with E-state index in [4.69, 9.17) is 0 Å². The number of hydrogen-bond donors (Lipinski definition) is 1. The number of rotatable bonds is 7. The number of thioether (sulfide) groups is 1. The molecule has 0 aliphatic rings. The third-order valence-corrected chi connectivity index (χ3v) is 4.14. The predicted octanol–water partition coefficient (Wildman–Crippen LogP) is 2.27. The van der Waals surface area contributed by atoms with Crippen LogP contribution in [-0.4, -0.2) is 31.4 Å². The van der Waals surface area contributed by atoms with Crippen molar-refractivity contribution in [3.63, 3.8) is 0 Å². The number of benzene rings is 1. The van der Waals surface area contributed by atoms with Crippen LogP contribution in [0.2, 0.25) is 0 Å². The van der Waals surface area contributed by atoms with E-state index >= 15 is 0 Å². The minimum atomic E-state index is -0.327. The van der Waals surface area contributed by atoms with Gasteiger partial charge in [-0.3, -0.25) is 4.79 Å². The van der Waals surface area contributed by atoms with E-state index in [1.165, 1.54) is 23.9 Å². The second kappa shape index (κ2) is 8.05. The van der Waals surface area contributed by atoms with Crippen molar-refractivity contribution in [2.45, 2.75) is 44.3 Å². The Balaban J connectivity index is 1.87. The second-order valence-electron chi connectivity index (χ2n) is 5.64. The van der Waals surface area contributed by atoms with E-state index in [1.807, 2.05) is 0 Å². The molecule has 23 heavy (non-hydrogen) atoms. The first-order valence-corrected chi connectivity index (χ1v) is 8.28. The van der Waals surface area contributed by atoms with Gasteiger partial charge >= 0.3 is 0 Å². The van der Waals surface area contributed by atoms with Gasteiger partial charge in [0, 0.05) is 13.1 Å². The number of amides is 1. The first-order chi connectivity index (χ1) is 11.0. The van der Waals surface area contributed by atoms with E-state index in [-0.39, 0.29) is 17.0 Å². The Kier molecular flexibility index (Phi) is 6.09. The van der Waals surface area contributed by atoms with Gasteiger partial charge in [0.25, 0.3) is 0 Å². The van der Waals surface area contributed by atoms with Crippen molar-refractivity contribution >= 4 is 17.7 Å². The summed E-state index contributed by atoms with van der Waals surface area (Å²) >= 11 is 1.32. The van der Waals surface area contributed by atoms with Crippen LogP contribution in [0.5, 0.6) is 0 Å². The molecule has 0 fully saturated rings. The van der Waals surface area contributed by atoms with E-state index in [1.54, 1.807) is 23.7 Å². The lowest BCUT2D eigenvalue weighted by Gasteiger charge is -2.12. The molecule has 1 heterocycles. The molecular formula is C15H20FN5OS. The van der Waals surface area contributed by atoms with Crippen LogP contribution in [-0.2, 0) is 17.9 Å². The number of carbonyl (C=O) groups excluding carboxylic acids is 1. The lowest BCUT2D eigenvalue weighted by atomic mass is 10.2. The highest BCUT2D eigenvalue weighted by atomic mass is 32.2. The van der Waals surface area contributed by atoms with E-state index in [9.17, 15) is 9.18 Å². The van der Waals surface area contributed by atoms with Gasteiger partial charge in [0.1, 0.15) is 5.82 Å². The summed E-state index contributed by atoms with van der Waals surface area (Å²) in [4.78, 5) is 12.2. The predicted molar refractivity (Wildman–Crippen MR) is 86.2 cm³/mol. The molecule has 0 saturated carbocycles. The fraction of sp³-hybridized carbons (Fsp3) is 0.467. The summed E-state index contributed by atoms with van der Waals surface area (Å²) in [6.45, 7) is 7.03. The van der Waals surface area contributed by atoms with Gasteiger partial charge in [-0.2, -0.15) is 0 Å². The highest BCUT2D eigenvalue weighted by Gasteiger charge is 2.18. The lowest BCUT2D eigenvalue weighted by molar-refractivity contribution is -0.120. The second-order valence-corrected chi connectivity index (χ2v) is 6.95. The van der Waals surface area contributed by atoms with Crippen molar-refractivity contribution in [1.29, 1.82) is 0 Å². The Morgan fingerprint density at radius 3 is 2.65 bits per heavy atom. The number of nitrogens with one attached hydrogen (secondary N) is 1. The zero-order chi connectivity index (χ0) is 16.8. The van der Waals surface area contributed by atoms with Gasteiger partial charge in [-0.25, -0.2) is 9.07 Å². The largest absolute Gasteiger partial charge is 0.351 e. The van der Waals surface area contributed by atoms with Crippen LogP contribution < -0.4 is 5.32 Å². The van der Waals surface area contributed by atoms with Crippen LogP contribution in [0.1, 0.15) is 26.3 Å². The Hall–Kier alpha value is -1.96. The first kappa shape index (κ1) is 17.4. The van der Waals surface area contributed by atoms with E-state index in [0.717, 1.165) is 5.56 Å². The molecule has 6 nitrogen and oxygen atoms in total. The third kappa shape index (κ3) is 5.31. The Labute approximate surface area is 138 Å². The molecule has 2 rings (SSSR count). The van der Waals surface area contributed by atoms with Gasteiger partial charge < -0.3 is 5.32 Å². The summed E-state index contributed by atoms with van der Waals surface area (Å²) in [6, 6.07) is 6.05. The molecule has 0 unspecified atom stereocenters. The maximum atomic E-state index is 12.8. The number of aromatic nitrogens is 4. The van der Waals surface area contributed by atoms with Crippen molar-refractivity contribution in [3.05, 3.63) is 35.6 Å². The van der Waals surface area contributed by atoms with Crippen LogP contribution in [0.4, 0.5) is 4.39 Å². The molecule has 1 amide bonds. The van der Waals surface area contributed by atoms with Crippen molar-refractivity contribution in [3.8, 4) is 0 Å². The monoisotopic (exact) mass is 337 g/mol. The Morgan fingerprint density at radius 2 is 2.00 bits per heavy atom. The van der Waals surface area contributed by atoms with E-state index in [2.05, 4.69) is 34.7 Å². The zero-order valence-electron chi connectivity index (χ0n) is 13.4. The summed E-state index contributed by atoms with van der Waals surface area (Å²) < 4.78 is 14.5. The molecule has 1 N–H and O–H groups in total. The SMILES string of the molecule is CC(C)Cn1nnnc1S[C@@H](C)C(=O)NCc1ccc(F)cc1. The summed E-state index contributed by atoms with van der Waals surface area (Å²) in [5.74, 6) is 0.0138. The van der Waals surface area contributed by atoms with Crippen molar-refractivity contribution in [2.75, 3.05) is 0 Å². The molecule has 124 valence electrons. The topological polar surface area (TPSA) is 72.7 Å². The molecular weight excluding hydrogens is 317 g/mol. The van der Waals surface area contributed by atoms with Gasteiger partial charge in [0.15, 0.2) is 0 Å². The minimum Gasteiger partial charge on any atom is -0.351 e. The van der Waals surface area contributed by atoms with Crippen LogP contribution in [0.3, 0.4) is 0 Å². The van der Waals surface area contributed by atoms with Gasteiger partial charge in [0.05, 0.1) is 5.25 Å². The van der Waals surface area contributed by atoms with Crippen LogP contribution in [0.25, 0.3) is 0 Å². The molecule has 2 aromatic rings. The van der Waals surface area contributed by atoms with Crippen LogP contribution in [0, 0.1) is 11.7 Å². The fourth-order valence-corrected chi connectivity index (χ4v) is 2.71. The molecule has 1 aromatic heterocycles. The molecule has 0 bridgehead atoms. The highest BCUT2D eigenvalue weighted by molar-refractivity contribution is 8.00. The maximum absolute atomic E-state index is 12.8. The molecule has 0 aliphatic heterocycles. The number of halogens is 1. The molecule has 0 aliphatic carbocycles. The summed E-state index contributed by atoms with van der Waals surface area (Å²) in [6.07, 6.45) is 0. The van der Waals surface area contributed by atoms with Crippen LogP contribution in [0.15, 0.2) is 29.4 Å². The quantitative estimate of drug-likeness (QED) is 0.785. The standard InChI is InChI=1S/C15H20FN5OS/c1-10(2)9-21-15(18-19-20-21)23-11(3)14(22)17-8-12-4-6-13(16)7-5-12/h4-7,10-11H,8-9H2,1-3H3,(H,17,22)/t11-/m0/s1. The fourth-order valence-electron chi connectivity index (χ4n) is 1.89. The van der Waals surface area contributed by atoms with Gasteiger partial charge in [-0.05, 0) is 41.0 Å². The summed E-state index contributed by atoms with van der Waals surface area (Å²) in [5, 5.41) is 14.7. The smallest absolute Gasteiger partial charge is 0.233 e. The molecule has 0 radical (unpaired) electrons. The number of tetrazole rings is 1. The summed E-state index contributed by atoms with van der Waals surface area (Å²) in [7, 11) is 0. The third-order valence-electron chi connectivity index (χ3n) is 3.07. The summed E-state index contributed by atoms with van der Waals surface area (Å²) in [5.41, 5.74) is 0.849. The molecule has 0 saturated heterocycles. The maximum Gasteiger partial charge on any atom is 0.233 e. The number of hydrogen-bond acceptors (Lipinski definition) is 5. The van der Waals surface area contributed by atoms with Crippen molar-refractivity contribution < 1.29 is 9.18 Å². The van der Waals surface area contributed by atoms with Crippen molar-refractivity contribution in [1.82, 2.24) is 25.5 Å². The molecule has 0 spiro atoms. The van der Waals surface area contributed by atoms with Gasteiger partial charge in [-0.1, -0.05) is 37.7 Å². The van der Waals surface area contributed by atoms with Gasteiger partial charge in [-0.15, -0.1) is 5.10 Å². The Bertz CT molecular complexity index is 644. The van der Waals surface area contributed by atoms with Crippen LogP contribution >= 0.6 is 11.8 Å². The zero-order valence-corrected chi connectivity index (χ0v) is 14.2. The van der Waals surface area contributed by atoms with Crippen molar-refractivity contribution in [2.24, 2.45) is 5.92 Å². The van der Waals surface area contributed by atoms with E-state index < -0.39 is 0 Å². The highest BCUT2D eigenvalue weighted by Crippen LogP contribution is 2.21. The number of nitrogens with zero attached hydrogens (tertiary/aromatic N) is 4. The first-order valence-electron chi connectivity index (χ1n) is 7.40. The Morgan fingerprint density at radius 1 is 1.30 bits per heavy atom.